The normalized spacial score (nSPS) is 19.2. The summed E-state index contributed by atoms with van der Waals surface area (Å²) in [5, 5.41) is 10.2. The number of benzene rings is 1. The highest BCUT2D eigenvalue weighted by molar-refractivity contribution is 5.91. The summed E-state index contributed by atoms with van der Waals surface area (Å²) >= 11 is 0. The molecule has 1 aromatic rings. The molecule has 102 valence electrons. The predicted octanol–water partition coefficient (Wildman–Crippen LogP) is 2.36. The molecule has 0 saturated heterocycles. The first-order valence-corrected chi connectivity index (χ1v) is 6.81. The van der Waals surface area contributed by atoms with Crippen LogP contribution in [-0.2, 0) is 11.2 Å². The van der Waals surface area contributed by atoms with Gasteiger partial charge < -0.3 is 10.0 Å². The van der Waals surface area contributed by atoms with Gasteiger partial charge in [-0.15, -0.1) is 0 Å². The Morgan fingerprint density at radius 1 is 1.26 bits per heavy atom. The van der Waals surface area contributed by atoms with Crippen molar-refractivity contribution < 1.29 is 9.90 Å². The number of hydrogen-bond acceptors (Lipinski definition) is 2. The van der Waals surface area contributed by atoms with Crippen LogP contribution in [0.4, 0.5) is 0 Å². The highest BCUT2D eigenvalue weighted by Gasteiger charge is 2.30. The average molecular weight is 259 g/mol. The Labute approximate surface area is 114 Å². The largest absolute Gasteiger partial charge is 0.369 e. The van der Waals surface area contributed by atoms with Gasteiger partial charge in [-0.05, 0) is 29.9 Å². The fraction of sp³-hybridized carbons (Fsp3) is 0.438. The molecule has 1 aliphatic rings. The third-order valence-electron chi connectivity index (χ3n) is 3.35. The molecule has 1 heterocycles. The second-order valence-corrected chi connectivity index (χ2v) is 5.46. The molecule has 0 fully saturated rings. The number of carbonyl (C=O) groups excluding carboxylic acids is 1. The monoisotopic (exact) mass is 259 g/mol. The number of amides is 1. The number of aliphatic hydroxyl groups is 1. The van der Waals surface area contributed by atoms with E-state index in [4.69, 9.17) is 0 Å². The Morgan fingerprint density at radius 2 is 1.95 bits per heavy atom. The summed E-state index contributed by atoms with van der Waals surface area (Å²) in [5.74, 6) is 0.377. The lowest BCUT2D eigenvalue weighted by Crippen LogP contribution is -2.36. The molecule has 1 amide bonds. The van der Waals surface area contributed by atoms with E-state index >= 15 is 0 Å². The first kappa shape index (κ1) is 13.8. The van der Waals surface area contributed by atoms with Gasteiger partial charge in [-0.1, -0.05) is 44.2 Å². The third-order valence-corrected chi connectivity index (χ3v) is 3.35. The van der Waals surface area contributed by atoms with Gasteiger partial charge in [0.15, 0.2) is 6.23 Å². The number of nitrogens with zero attached hydrogens (tertiary/aromatic N) is 1. The number of hydrogen-bond donors (Lipinski definition) is 1. The van der Waals surface area contributed by atoms with Crippen LogP contribution < -0.4 is 0 Å². The van der Waals surface area contributed by atoms with E-state index < -0.39 is 6.23 Å². The molecule has 1 N–H and O–H groups in total. The highest BCUT2D eigenvalue weighted by Crippen LogP contribution is 2.23. The second kappa shape index (κ2) is 6.02. The predicted molar refractivity (Wildman–Crippen MR) is 75.4 cm³/mol. The van der Waals surface area contributed by atoms with Gasteiger partial charge in [0.25, 0.3) is 0 Å². The lowest BCUT2D eigenvalue weighted by Gasteiger charge is -2.23. The van der Waals surface area contributed by atoms with E-state index in [-0.39, 0.29) is 5.91 Å². The maximum absolute atomic E-state index is 11.9. The van der Waals surface area contributed by atoms with Crippen LogP contribution in [0.2, 0.25) is 0 Å². The summed E-state index contributed by atoms with van der Waals surface area (Å²) in [6.45, 7) is 4.73. The molecule has 2 rings (SSSR count). The topological polar surface area (TPSA) is 40.5 Å². The van der Waals surface area contributed by atoms with Crippen LogP contribution in [0, 0.1) is 5.92 Å². The summed E-state index contributed by atoms with van der Waals surface area (Å²) in [6.07, 6.45) is 2.40. The summed E-state index contributed by atoms with van der Waals surface area (Å²) < 4.78 is 0. The van der Waals surface area contributed by atoms with Crippen LogP contribution in [0.5, 0.6) is 0 Å². The molecule has 0 spiro atoms. The Bertz CT molecular complexity index is 465. The van der Waals surface area contributed by atoms with Gasteiger partial charge in [-0.2, -0.15) is 0 Å². The first-order chi connectivity index (χ1) is 9.08. The zero-order valence-corrected chi connectivity index (χ0v) is 11.5. The second-order valence-electron chi connectivity index (χ2n) is 5.46. The summed E-state index contributed by atoms with van der Waals surface area (Å²) in [7, 11) is 0. The summed E-state index contributed by atoms with van der Waals surface area (Å²) in [5.41, 5.74) is 2.02. The number of rotatable bonds is 5. The fourth-order valence-electron chi connectivity index (χ4n) is 2.40. The molecule has 0 aliphatic carbocycles. The maximum Gasteiger partial charge on any atom is 0.248 e. The van der Waals surface area contributed by atoms with Crippen LogP contribution in [0.1, 0.15) is 25.8 Å². The minimum atomic E-state index is -0.737. The Morgan fingerprint density at radius 3 is 2.58 bits per heavy atom. The third kappa shape index (κ3) is 3.44. The molecule has 0 aromatic heterocycles. The van der Waals surface area contributed by atoms with Gasteiger partial charge in [0.05, 0.1) is 0 Å². The minimum absolute atomic E-state index is 0.0703. The molecular weight excluding hydrogens is 238 g/mol. The minimum Gasteiger partial charge on any atom is -0.369 e. The van der Waals surface area contributed by atoms with Crippen LogP contribution in [0.15, 0.2) is 42.0 Å². The van der Waals surface area contributed by atoms with Crippen molar-refractivity contribution in [1.29, 1.82) is 0 Å². The Kier molecular flexibility index (Phi) is 4.38. The van der Waals surface area contributed by atoms with Crippen molar-refractivity contribution in [1.82, 2.24) is 4.90 Å². The number of aliphatic hydroxyl groups excluding tert-OH is 1. The van der Waals surface area contributed by atoms with E-state index in [9.17, 15) is 9.90 Å². The molecule has 1 aromatic carbocycles. The first-order valence-electron chi connectivity index (χ1n) is 6.81. The molecule has 19 heavy (non-hydrogen) atoms. The van der Waals surface area contributed by atoms with E-state index in [1.807, 2.05) is 30.3 Å². The zero-order chi connectivity index (χ0) is 13.8. The van der Waals surface area contributed by atoms with Gasteiger partial charge in [0, 0.05) is 12.6 Å². The van der Waals surface area contributed by atoms with E-state index in [0.717, 1.165) is 18.4 Å². The van der Waals surface area contributed by atoms with Gasteiger partial charge >= 0.3 is 0 Å². The van der Waals surface area contributed by atoms with Crippen molar-refractivity contribution in [2.24, 2.45) is 5.92 Å². The van der Waals surface area contributed by atoms with Crippen LogP contribution in [0.3, 0.4) is 0 Å². The van der Waals surface area contributed by atoms with E-state index in [1.165, 1.54) is 5.56 Å². The highest BCUT2D eigenvalue weighted by atomic mass is 16.3. The lowest BCUT2D eigenvalue weighted by molar-refractivity contribution is -0.131. The van der Waals surface area contributed by atoms with Gasteiger partial charge in [-0.3, -0.25) is 4.79 Å². The van der Waals surface area contributed by atoms with E-state index in [1.54, 1.807) is 11.0 Å². The molecule has 0 saturated carbocycles. The zero-order valence-electron chi connectivity index (χ0n) is 11.5. The van der Waals surface area contributed by atoms with Crippen molar-refractivity contribution in [3.8, 4) is 0 Å². The van der Waals surface area contributed by atoms with E-state index in [2.05, 4.69) is 13.8 Å². The molecule has 1 aliphatic heterocycles. The lowest BCUT2D eigenvalue weighted by atomic mass is 10.0. The van der Waals surface area contributed by atoms with Gasteiger partial charge in [-0.25, -0.2) is 0 Å². The van der Waals surface area contributed by atoms with Crippen molar-refractivity contribution in [2.45, 2.75) is 32.9 Å². The Hall–Kier alpha value is -1.61. The summed E-state index contributed by atoms with van der Waals surface area (Å²) in [4.78, 5) is 13.4. The molecular formula is C16H21NO2. The van der Waals surface area contributed by atoms with Crippen LogP contribution >= 0.6 is 0 Å². The molecule has 0 radical (unpaired) electrons. The quantitative estimate of drug-likeness (QED) is 0.882. The smallest absolute Gasteiger partial charge is 0.248 e. The van der Waals surface area contributed by atoms with Crippen molar-refractivity contribution in [3.05, 3.63) is 47.5 Å². The van der Waals surface area contributed by atoms with Gasteiger partial charge in [0.2, 0.25) is 5.91 Å². The van der Waals surface area contributed by atoms with E-state index in [0.29, 0.717) is 12.5 Å². The molecule has 3 nitrogen and oxygen atoms in total. The van der Waals surface area contributed by atoms with Crippen molar-refractivity contribution >= 4 is 5.91 Å². The fourth-order valence-corrected chi connectivity index (χ4v) is 2.40. The Balaban J connectivity index is 1.94. The van der Waals surface area contributed by atoms with Crippen LogP contribution in [0.25, 0.3) is 0 Å². The van der Waals surface area contributed by atoms with Crippen LogP contribution in [-0.4, -0.2) is 28.7 Å². The van der Waals surface area contributed by atoms with Gasteiger partial charge in [0.1, 0.15) is 0 Å². The average Bonchev–Trinajstić information content (AvgIpc) is 2.63. The standard InChI is InChI=1S/C16H21NO2/c1-12(2)10-14-11-15(18)17(16(14)19)9-8-13-6-4-3-5-7-13/h3-7,11-12,16,19H,8-10H2,1-2H3/t16-/m1/s1. The molecule has 3 heteroatoms. The number of carbonyl (C=O) groups is 1. The van der Waals surface area contributed by atoms with Crippen molar-refractivity contribution in [3.63, 3.8) is 0 Å². The summed E-state index contributed by atoms with van der Waals surface area (Å²) in [6, 6.07) is 10.0. The molecule has 0 bridgehead atoms. The molecule has 0 unspecified atom stereocenters. The van der Waals surface area contributed by atoms with Crippen molar-refractivity contribution in [2.75, 3.05) is 6.54 Å². The maximum atomic E-state index is 11.9. The SMILES string of the molecule is CC(C)CC1=CC(=O)N(CCc2ccccc2)[C@@H]1O. The molecule has 1 atom stereocenters.